The van der Waals surface area contributed by atoms with Crippen molar-refractivity contribution in [1.29, 1.82) is 0 Å². The highest BCUT2D eigenvalue weighted by atomic mass is 16.5. The van der Waals surface area contributed by atoms with E-state index in [0.717, 1.165) is 13.0 Å². The molecule has 1 heterocycles. The van der Waals surface area contributed by atoms with Crippen molar-refractivity contribution in [3.8, 4) is 12.0 Å². The number of nitrogens with zero attached hydrogens (tertiary/aromatic N) is 3. The van der Waals surface area contributed by atoms with Crippen molar-refractivity contribution in [3.05, 3.63) is 0 Å². The molecular formula is C12H22N4O3. The number of methoxy groups -OCH3 is 2. The minimum Gasteiger partial charge on any atom is -0.467 e. The molecule has 1 aromatic heterocycles. The molecule has 7 nitrogen and oxygen atoms in total. The van der Waals surface area contributed by atoms with E-state index in [0.29, 0.717) is 25.0 Å². The Labute approximate surface area is 113 Å². The molecule has 0 aliphatic rings. The van der Waals surface area contributed by atoms with E-state index in [2.05, 4.69) is 34.1 Å². The fraction of sp³-hybridized carbons (Fsp3) is 0.750. The normalized spacial score (nSPS) is 10.6. The van der Waals surface area contributed by atoms with Gasteiger partial charge in [-0.15, -0.1) is 4.98 Å². The predicted octanol–water partition coefficient (Wildman–Crippen LogP) is 1.36. The summed E-state index contributed by atoms with van der Waals surface area (Å²) in [5, 5.41) is 3.03. The zero-order valence-corrected chi connectivity index (χ0v) is 12.0. The Morgan fingerprint density at radius 1 is 1.00 bits per heavy atom. The Hall–Kier alpha value is -1.63. The monoisotopic (exact) mass is 270 g/mol. The summed E-state index contributed by atoms with van der Waals surface area (Å²) >= 11 is 0. The Morgan fingerprint density at radius 2 is 1.63 bits per heavy atom. The van der Waals surface area contributed by atoms with Gasteiger partial charge in [-0.25, -0.2) is 0 Å². The number of hydrogen-bond donors (Lipinski definition) is 1. The fourth-order valence-electron chi connectivity index (χ4n) is 1.26. The molecule has 0 radical (unpaired) electrons. The van der Waals surface area contributed by atoms with Gasteiger partial charge in [0.25, 0.3) is 0 Å². The molecule has 0 aliphatic heterocycles. The van der Waals surface area contributed by atoms with Crippen molar-refractivity contribution in [3.63, 3.8) is 0 Å². The van der Waals surface area contributed by atoms with Gasteiger partial charge in [0, 0.05) is 13.2 Å². The van der Waals surface area contributed by atoms with Crippen molar-refractivity contribution in [1.82, 2.24) is 15.0 Å². The van der Waals surface area contributed by atoms with E-state index < -0.39 is 0 Å². The van der Waals surface area contributed by atoms with Crippen molar-refractivity contribution >= 4 is 5.95 Å². The second-order valence-electron chi connectivity index (χ2n) is 4.35. The molecule has 0 saturated carbocycles. The van der Waals surface area contributed by atoms with Crippen LogP contribution in [-0.4, -0.2) is 48.9 Å². The molecular weight excluding hydrogens is 248 g/mol. The van der Waals surface area contributed by atoms with Crippen LogP contribution >= 0.6 is 0 Å². The molecule has 1 aromatic rings. The summed E-state index contributed by atoms with van der Waals surface area (Å²) in [4.78, 5) is 12.0. The summed E-state index contributed by atoms with van der Waals surface area (Å²) in [5.74, 6) is 1.07. The van der Waals surface area contributed by atoms with E-state index in [1.807, 2.05) is 0 Å². The molecule has 1 N–H and O–H groups in total. The number of hydrogen-bond acceptors (Lipinski definition) is 7. The Balaban J connectivity index is 2.32. The maximum absolute atomic E-state index is 5.48. The Morgan fingerprint density at radius 3 is 2.16 bits per heavy atom. The van der Waals surface area contributed by atoms with Gasteiger partial charge in [0.15, 0.2) is 0 Å². The molecule has 0 aromatic carbocycles. The highest BCUT2D eigenvalue weighted by Gasteiger charge is 2.06. The quantitative estimate of drug-likeness (QED) is 0.679. The van der Waals surface area contributed by atoms with Crippen LogP contribution in [0.4, 0.5) is 5.95 Å². The lowest BCUT2D eigenvalue weighted by molar-refractivity contribution is 0.132. The topological polar surface area (TPSA) is 78.4 Å². The molecule has 0 fully saturated rings. The highest BCUT2D eigenvalue weighted by Crippen LogP contribution is 2.11. The molecule has 0 bridgehead atoms. The molecule has 0 aliphatic carbocycles. The van der Waals surface area contributed by atoms with Gasteiger partial charge >= 0.3 is 12.0 Å². The van der Waals surface area contributed by atoms with Gasteiger partial charge in [0.2, 0.25) is 5.95 Å². The molecule has 0 saturated heterocycles. The lowest BCUT2D eigenvalue weighted by atomic mass is 10.1. The summed E-state index contributed by atoms with van der Waals surface area (Å²) < 4.78 is 15.4. The highest BCUT2D eigenvalue weighted by molar-refractivity contribution is 5.27. The molecule has 1 rings (SSSR count). The van der Waals surface area contributed by atoms with Gasteiger partial charge in [-0.05, 0) is 12.3 Å². The molecule has 0 unspecified atom stereocenters. The average molecular weight is 270 g/mol. The Kier molecular flexibility index (Phi) is 6.88. The molecule has 108 valence electrons. The maximum atomic E-state index is 5.48. The second-order valence-corrected chi connectivity index (χ2v) is 4.35. The number of aromatic nitrogens is 3. The number of rotatable bonds is 9. The summed E-state index contributed by atoms with van der Waals surface area (Å²) in [6.45, 7) is 6.33. The molecule has 19 heavy (non-hydrogen) atoms. The number of ether oxygens (including phenoxy) is 3. The third kappa shape index (κ3) is 6.19. The van der Waals surface area contributed by atoms with Gasteiger partial charge in [0.1, 0.15) is 0 Å². The molecule has 0 spiro atoms. The number of anilines is 1. The van der Waals surface area contributed by atoms with E-state index in [-0.39, 0.29) is 12.0 Å². The Bertz CT molecular complexity index is 352. The first-order chi connectivity index (χ1) is 9.15. The fourth-order valence-corrected chi connectivity index (χ4v) is 1.26. The largest absolute Gasteiger partial charge is 0.467 e. The van der Waals surface area contributed by atoms with Crippen LogP contribution in [0.1, 0.15) is 20.3 Å². The zero-order chi connectivity index (χ0) is 14.1. The van der Waals surface area contributed by atoms with Crippen LogP contribution in [0.2, 0.25) is 0 Å². The van der Waals surface area contributed by atoms with Gasteiger partial charge < -0.3 is 19.5 Å². The first-order valence-electron chi connectivity index (χ1n) is 6.31. The van der Waals surface area contributed by atoms with E-state index in [9.17, 15) is 0 Å². The molecule has 0 atom stereocenters. The zero-order valence-electron chi connectivity index (χ0n) is 12.0. The molecule has 7 heteroatoms. The van der Waals surface area contributed by atoms with Crippen molar-refractivity contribution < 1.29 is 14.2 Å². The standard InChI is InChI=1S/C12H22N4O3/c1-9(2)5-7-19-8-6-13-10-14-11(17-3)16-12(15-10)18-4/h9H,5-8H2,1-4H3,(H,13,14,15,16). The van der Waals surface area contributed by atoms with Crippen LogP contribution in [0, 0.1) is 5.92 Å². The predicted molar refractivity (Wildman–Crippen MR) is 71.7 cm³/mol. The van der Waals surface area contributed by atoms with E-state index >= 15 is 0 Å². The minimum atomic E-state index is 0.218. The summed E-state index contributed by atoms with van der Waals surface area (Å²) in [6, 6.07) is 0.435. The second kappa shape index (κ2) is 8.47. The number of nitrogens with one attached hydrogen (secondary N) is 1. The van der Waals surface area contributed by atoms with Crippen LogP contribution in [0.15, 0.2) is 0 Å². The first-order valence-corrected chi connectivity index (χ1v) is 6.31. The SMILES string of the molecule is COc1nc(NCCOCCC(C)C)nc(OC)n1. The third-order valence-electron chi connectivity index (χ3n) is 2.33. The van der Waals surface area contributed by atoms with Gasteiger partial charge in [0.05, 0.1) is 20.8 Å². The van der Waals surface area contributed by atoms with Crippen LogP contribution in [-0.2, 0) is 4.74 Å². The average Bonchev–Trinajstić information content (AvgIpc) is 2.41. The molecule has 0 amide bonds. The van der Waals surface area contributed by atoms with E-state index in [4.69, 9.17) is 14.2 Å². The van der Waals surface area contributed by atoms with Crippen molar-refractivity contribution in [2.75, 3.05) is 39.3 Å². The van der Waals surface area contributed by atoms with Crippen molar-refractivity contribution in [2.45, 2.75) is 20.3 Å². The van der Waals surface area contributed by atoms with E-state index in [1.54, 1.807) is 0 Å². The third-order valence-corrected chi connectivity index (χ3v) is 2.33. The maximum Gasteiger partial charge on any atom is 0.324 e. The van der Waals surface area contributed by atoms with Crippen LogP contribution < -0.4 is 14.8 Å². The van der Waals surface area contributed by atoms with Crippen LogP contribution in [0.3, 0.4) is 0 Å². The van der Waals surface area contributed by atoms with Gasteiger partial charge in [-0.2, -0.15) is 9.97 Å². The van der Waals surface area contributed by atoms with Gasteiger partial charge in [-0.1, -0.05) is 13.8 Å². The smallest absolute Gasteiger partial charge is 0.324 e. The lowest BCUT2D eigenvalue weighted by Gasteiger charge is -2.08. The van der Waals surface area contributed by atoms with Crippen LogP contribution in [0.5, 0.6) is 12.0 Å². The summed E-state index contributed by atoms with van der Waals surface area (Å²) in [5.41, 5.74) is 0. The van der Waals surface area contributed by atoms with Crippen molar-refractivity contribution in [2.24, 2.45) is 5.92 Å². The van der Waals surface area contributed by atoms with Crippen LogP contribution in [0.25, 0.3) is 0 Å². The first kappa shape index (κ1) is 15.4. The summed E-state index contributed by atoms with van der Waals surface area (Å²) in [7, 11) is 2.99. The van der Waals surface area contributed by atoms with E-state index in [1.165, 1.54) is 14.2 Å². The summed E-state index contributed by atoms with van der Waals surface area (Å²) in [6.07, 6.45) is 1.06. The minimum absolute atomic E-state index is 0.218. The lowest BCUT2D eigenvalue weighted by Crippen LogP contribution is -2.13. The van der Waals surface area contributed by atoms with Gasteiger partial charge in [-0.3, -0.25) is 0 Å².